The molecule has 7 nitrogen and oxygen atoms in total. The number of nitrogens with one attached hydrogen (secondary N) is 3. The van der Waals surface area contributed by atoms with Crippen molar-refractivity contribution in [1.29, 1.82) is 0 Å². The van der Waals surface area contributed by atoms with E-state index in [1.54, 1.807) is 0 Å². The topological polar surface area (TPSA) is 100 Å². The maximum atomic E-state index is 12.5. The summed E-state index contributed by atoms with van der Waals surface area (Å²) < 4.78 is 28.2. The first-order valence-corrected chi connectivity index (χ1v) is 8.88. The van der Waals surface area contributed by atoms with Crippen LogP contribution in [0.2, 0.25) is 0 Å². The number of amides is 1. The Hall–Kier alpha value is -1.19. The van der Waals surface area contributed by atoms with E-state index in [1.807, 2.05) is 6.92 Å². The molecule has 0 aromatic carbocycles. The lowest BCUT2D eigenvalue weighted by Crippen LogP contribution is -2.47. The van der Waals surface area contributed by atoms with Crippen molar-refractivity contribution < 1.29 is 13.2 Å². The number of sulfonamides is 1. The largest absolute Gasteiger partial charge is 0.369 e. The van der Waals surface area contributed by atoms with Crippen molar-refractivity contribution >= 4 is 37.7 Å². The molecule has 1 unspecified atom stereocenters. The molecular weight excluding hydrogens is 360 g/mol. The molecule has 21 heavy (non-hydrogen) atoms. The normalized spacial score (nSPS) is 19.1. The fraction of sp³-hybridized carbons (Fsp3) is 0.500. The molecule has 9 heteroatoms. The SMILES string of the molecule is CCNc1ncc(Br)cc1S(=O)(=O)NC1CCC(=O)NC1. The Kier molecular flexibility index (Phi) is 5.17. The van der Waals surface area contributed by atoms with Gasteiger partial charge in [-0.25, -0.2) is 18.1 Å². The van der Waals surface area contributed by atoms with Gasteiger partial charge < -0.3 is 10.6 Å². The van der Waals surface area contributed by atoms with Gasteiger partial charge in [0.2, 0.25) is 15.9 Å². The summed E-state index contributed by atoms with van der Waals surface area (Å²) in [4.78, 5) is 15.3. The van der Waals surface area contributed by atoms with Crippen LogP contribution >= 0.6 is 15.9 Å². The fourth-order valence-corrected chi connectivity index (χ4v) is 3.95. The molecule has 1 atom stereocenters. The summed E-state index contributed by atoms with van der Waals surface area (Å²) in [6.07, 6.45) is 2.35. The lowest BCUT2D eigenvalue weighted by atomic mass is 10.1. The molecule has 2 heterocycles. The number of piperidine rings is 1. The first kappa shape index (κ1) is 16.2. The lowest BCUT2D eigenvalue weighted by Gasteiger charge is -2.23. The van der Waals surface area contributed by atoms with Crippen molar-refractivity contribution in [2.75, 3.05) is 18.4 Å². The maximum Gasteiger partial charge on any atom is 0.244 e. The Morgan fingerprint density at radius 1 is 1.52 bits per heavy atom. The van der Waals surface area contributed by atoms with E-state index < -0.39 is 10.0 Å². The minimum atomic E-state index is -3.71. The highest BCUT2D eigenvalue weighted by molar-refractivity contribution is 9.10. The summed E-state index contributed by atoms with van der Waals surface area (Å²) in [6.45, 7) is 2.73. The third-order valence-corrected chi connectivity index (χ3v) is 5.01. The second-order valence-electron chi connectivity index (χ2n) is 4.69. The van der Waals surface area contributed by atoms with E-state index in [1.165, 1.54) is 12.3 Å². The van der Waals surface area contributed by atoms with Crippen LogP contribution in [0.3, 0.4) is 0 Å². The number of carbonyl (C=O) groups is 1. The summed E-state index contributed by atoms with van der Waals surface area (Å²) in [5, 5.41) is 5.58. The van der Waals surface area contributed by atoms with Crippen molar-refractivity contribution in [3.8, 4) is 0 Å². The molecule has 1 saturated heterocycles. The molecular formula is C12H17BrN4O3S. The first-order valence-electron chi connectivity index (χ1n) is 6.61. The maximum absolute atomic E-state index is 12.5. The van der Waals surface area contributed by atoms with Crippen LogP contribution in [-0.2, 0) is 14.8 Å². The summed E-state index contributed by atoms with van der Waals surface area (Å²) in [7, 11) is -3.71. The number of hydrogen-bond acceptors (Lipinski definition) is 5. The van der Waals surface area contributed by atoms with Gasteiger partial charge in [0.1, 0.15) is 10.7 Å². The number of rotatable bonds is 5. The van der Waals surface area contributed by atoms with E-state index in [2.05, 4.69) is 36.3 Å². The second-order valence-corrected chi connectivity index (χ2v) is 7.29. The average Bonchev–Trinajstić information content (AvgIpc) is 2.43. The lowest BCUT2D eigenvalue weighted by molar-refractivity contribution is -0.122. The van der Waals surface area contributed by atoms with E-state index in [0.29, 0.717) is 36.2 Å². The minimum absolute atomic E-state index is 0.0529. The van der Waals surface area contributed by atoms with E-state index in [0.717, 1.165) is 0 Å². The van der Waals surface area contributed by atoms with Crippen molar-refractivity contribution in [3.05, 3.63) is 16.7 Å². The van der Waals surface area contributed by atoms with E-state index in [9.17, 15) is 13.2 Å². The van der Waals surface area contributed by atoms with Crippen molar-refractivity contribution in [3.63, 3.8) is 0 Å². The second kappa shape index (κ2) is 6.71. The number of anilines is 1. The zero-order chi connectivity index (χ0) is 15.5. The zero-order valence-corrected chi connectivity index (χ0v) is 13.9. The fourth-order valence-electron chi connectivity index (χ4n) is 2.04. The highest BCUT2D eigenvalue weighted by Gasteiger charge is 2.26. The number of pyridine rings is 1. The first-order chi connectivity index (χ1) is 9.92. The molecule has 3 N–H and O–H groups in total. The Morgan fingerprint density at radius 2 is 2.29 bits per heavy atom. The third-order valence-electron chi connectivity index (χ3n) is 3.04. The molecule has 0 spiro atoms. The van der Waals surface area contributed by atoms with Gasteiger partial charge in [-0.15, -0.1) is 0 Å². The van der Waals surface area contributed by atoms with Gasteiger partial charge >= 0.3 is 0 Å². The Morgan fingerprint density at radius 3 is 2.90 bits per heavy atom. The average molecular weight is 377 g/mol. The number of nitrogens with zero attached hydrogens (tertiary/aromatic N) is 1. The van der Waals surface area contributed by atoms with E-state index >= 15 is 0 Å². The van der Waals surface area contributed by atoms with Crippen LogP contribution in [0.5, 0.6) is 0 Å². The van der Waals surface area contributed by atoms with E-state index in [-0.39, 0.29) is 16.8 Å². The van der Waals surface area contributed by atoms with E-state index in [4.69, 9.17) is 0 Å². The molecule has 1 aliphatic heterocycles. The number of hydrogen-bond donors (Lipinski definition) is 3. The van der Waals surface area contributed by atoms with Crippen molar-refractivity contribution in [2.45, 2.75) is 30.7 Å². The van der Waals surface area contributed by atoms with Crippen molar-refractivity contribution in [2.24, 2.45) is 0 Å². The van der Waals surface area contributed by atoms with Gasteiger partial charge in [0, 0.05) is 36.2 Å². The quantitative estimate of drug-likeness (QED) is 0.706. The number of aromatic nitrogens is 1. The molecule has 116 valence electrons. The predicted molar refractivity (Wildman–Crippen MR) is 82.5 cm³/mol. The van der Waals surface area contributed by atoms with Gasteiger partial charge in [0.05, 0.1) is 0 Å². The summed E-state index contributed by atoms with van der Waals surface area (Å²) in [6, 6.07) is 1.20. The van der Waals surface area contributed by atoms with Gasteiger partial charge in [-0.2, -0.15) is 0 Å². The van der Waals surface area contributed by atoms with Crippen LogP contribution in [0.15, 0.2) is 21.6 Å². The highest BCUT2D eigenvalue weighted by atomic mass is 79.9. The van der Waals surface area contributed by atoms with Crippen molar-refractivity contribution in [1.82, 2.24) is 15.0 Å². The Labute approximate surface area is 132 Å². The van der Waals surface area contributed by atoms with Crippen LogP contribution in [0, 0.1) is 0 Å². The molecule has 1 amide bonds. The van der Waals surface area contributed by atoms with Crippen LogP contribution in [0.25, 0.3) is 0 Å². The molecule has 0 radical (unpaired) electrons. The molecule has 0 aliphatic carbocycles. The molecule has 1 aromatic heterocycles. The molecule has 0 bridgehead atoms. The summed E-state index contributed by atoms with van der Waals surface area (Å²) in [5.41, 5.74) is 0. The monoisotopic (exact) mass is 376 g/mol. The standard InChI is InChI=1S/C12H17BrN4O3S/c1-2-14-12-10(5-8(13)6-16-12)21(19,20)17-9-3-4-11(18)15-7-9/h5-6,9,17H,2-4,7H2,1H3,(H,14,16)(H,15,18). The third kappa shape index (κ3) is 4.14. The summed E-state index contributed by atoms with van der Waals surface area (Å²) in [5.74, 6) is 0.260. The zero-order valence-electron chi connectivity index (χ0n) is 11.5. The van der Waals surface area contributed by atoms with Crippen LogP contribution in [-0.4, -0.2) is 38.4 Å². The Bertz CT molecular complexity index is 625. The Balaban J connectivity index is 2.22. The predicted octanol–water partition coefficient (Wildman–Crippen LogP) is 0.833. The number of carbonyl (C=O) groups excluding carboxylic acids is 1. The van der Waals surface area contributed by atoms with Gasteiger partial charge in [-0.3, -0.25) is 4.79 Å². The van der Waals surface area contributed by atoms with Gasteiger partial charge in [-0.05, 0) is 35.3 Å². The smallest absolute Gasteiger partial charge is 0.244 e. The number of halogens is 1. The van der Waals surface area contributed by atoms with Crippen LogP contribution in [0.1, 0.15) is 19.8 Å². The van der Waals surface area contributed by atoms with Gasteiger partial charge in [0.15, 0.2) is 0 Å². The minimum Gasteiger partial charge on any atom is -0.369 e. The summed E-state index contributed by atoms with van der Waals surface area (Å²) >= 11 is 3.23. The van der Waals surface area contributed by atoms with Gasteiger partial charge in [-0.1, -0.05) is 0 Å². The van der Waals surface area contributed by atoms with Gasteiger partial charge in [0.25, 0.3) is 0 Å². The molecule has 1 aliphatic rings. The highest BCUT2D eigenvalue weighted by Crippen LogP contribution is 2.23. The van der Waals surface area contributed by atoms with Crippen LogP contribution in [0.4, 0.5) is 5.82 Å². The molecule has 1 fully saturated rings. The molecule has 1 aromatic rings. The molecule has 2 rings (SSSR count). The molecule has 0 saturated carbocycles. The van der Waals surface area contributed by atoms with Crippen LogP contribution < -0.4 is 15.4 Å².